The van der Waals surface area contributed by atoms with Crippen LogP contribution in [0.1, 0.15) is 151 Å². The van der Waals surface area contributed by atoms with Crippen LogP contribution in [-0.2, 0) is 49.4 Å². The van der Waals surface area contributed by atoms with Gasteiger partial charge in [-0.15, -0.1) is 34.8 Å². The van der Waals surface area contributed by atoms with Crippen molar-refractivity contribution in [2.45, 2.75) is 109 Å². The van der Waals surface area contributed by atoms with Gasteiger partial charge in [0, 0.05) is 142 Å². The highest BCUT2D eigenvalue weighted by molar-refractivity contribution is 6.33. The van der Waals surface area contributed by atoms with E-state index in [9.17, 15) is 19.2 Å². The molecule has 0 saturated carbocycles. The Morgan fingerprint density at radius 1 is 0.348 bits per heavy atom. The van der Waals surface area contributed by atoms with Crippen molar-refractivity contribution in [1.82, 2.24) is 39.5 Å². The molecule has 4 atom stereocenters. The number of fused-ring (bicyclic) bond motifs is 12. The first-order valence-electron chi connectivity index (χ1n) is 44.6. The van der Waals surface area contributed by atoms with Gasteiger partial charge in [-0.25, -0.2) is 19.2 Å². The number of hydrogen-bond acceptors (Lipinski definition) is 14. The van der Waals surface area contributed by atoms with E-state index < -0.39 is 6.09 Å². The van der Waals surface area contributed by atoms with Gasteiger partial charge in [0.1, 0.15) is 59.5 Å². The van der Waals surface area contributed by atoms with Gasteiger partial charge in [0.2, 0.25) is 0 Å². The van der Waals surface area contributed by atoms with Crippen molar-refractivity contribution < 1.29 is 66.5 Å². The maximum absolute atomic E-state index is 13.4. The van der Waals surface area contributed by atoms with E-state index in [1.165, 1.54) is 23.8 Å². The molecule has 132 heavy (non-hydrogen) atoms. The third kappa shape index (κ3) is 24.2. The number of unbranched alkanes of at least 4 members (excludes halogenated alkanes) is 3. The first kappa shape index (κ1) is 97.7. The summed E-state index contributed by atoms with van der Waals surface area (Å²) in [5, 5.41) is 7.75. The predicted octanol–water partition coefficient (Wildman–Crippen LogP) is 25.9. The lowest BCUT2D eigenvalue weighted by atomic mass is 9.92. The Balaban J connectivity index is 0.000000142. The zero-order valence-electron chi connectivity index (χ0n) is 74.3. The summed E-state index contributed by atoms with van der Waals surface area (Å²) in [7, 11) is 3.05. The van der Waals surface area contributed by atoms with Crippen LogP contribution < -0.4 is 23.7 Å². The Bertz CT molecular complexity index is 6020. The molecule has 9 aromatic carbocycles. The molecule has 22 nitrogen and oxygen atoms in total. The molecule has 4 aliphatic rings. The third-order valence-corrected chi connectivity index (χ3v) is 25.4. The number of aromatic amines is 4. The van der Waals surface area contributed by atoms with Gasteiger partial charge in [-0.1, -0.05) is 120 Å². The molecule has 17 rings (SSSR count). The molecule has 4 N–H and O–H groups in total. The Morgan fingerprint density at radius 3 is 0.955 bits per heavy atom. The summed E-state index contributed by atoms with van der Waals surface area (Å²) in [6.07, 6.45) is 7.04. The first-order valence-corrected chi connectivity index (χ1v) is 48.1. The van der Waals surface area contributed by atoms with Gasteiger partial charge >= 0.3 is 24.4 Å². The fourth-order valence-electron chi connectivity index (χ4n) is 17.1. The van der Waals surface area contributed by atoms with Gasteiger partial charge in [0.15, 0.2) is 0 Å². The van der Waals surface area contributed by atoms with Crippen LogP contribution in [0, 0.1) is 5.92 Å². The van der Waals surface area contributed by atoms with E-state index in [2.05, 4.69) is 19.9 Å². The lowest BCUT2D eigenvalue weighted by Gasteiger charge is -2.35. The number of ether oxygens (including phenoxy) is 10. The molecular formula is C102H108Cl8N8O14. The van der Waals surface area contributed by atoms with Gasteiger partial charge in [-0.2, -0.15) is 0 Å². The fraction of sp³-hybridized carbons (Fsp3) is 0.353. The standard InChI is InChI=1S/C28H25Cl3N2O3.C26H30Cl2N2O3.C24H26Cl2N2O3.C24H27ClN2O5/c29-14-1-2-16-35-21-8-3-18(4-9-21)27-26-23(24-17-20(31)7-12-25(24)32-26)13-15-33(27)28(34)36-22-10-5-19(30)6-11-22;1-17(2)16-33-26(31)30-13-11-21-22-15-19(28)7-10-23(22)29-24(21)25(30)18-5-8-20(9-6-18)32-14-4-3-12-27;1-2-30-24(29)28-13-11-19-20-15-17(26)7-10-21(20)27-22(19)23(28)16-5-8-18(9-6-16)31-14-4-3-12-25;1-29-11-12-31-13-14-32-18-6-3-16(4-7-18)23-22-19(9-10-27(23)24(28)30-2)20-15-17(25)5-8-21(20)26-22/h3-12,17,27,32H,1-2,13-16H2;5-10,15,17,25,29H,3-4,11-14,16H2,1-2H3;5-10,15,23,27H,2-4,11-14H2,1H3;3-8,15,23,26H,9-14H2,1-2H3. The quantitative estimate of drug-likeness (QED) is 0.0186. The predicted molar refractivity (Wildman–Crippen MR) is 526 cm³/mol. The average Bonchev–Trinajstić information content (AvgIpc) is 1.57. The van der Waals surface area contributed by atoms with Crippen molar-refractivity contribution in [1.29, 1.82) is 0 Å². The third-order valence-electron chi connectivity index (χ3n) is 23.4. The van der Waals surface area contributed by atoms with E-state index >= 15 is 0 Å². The minimum atomic E-state index is -0.425. The van der Waals surface area contributed by atoms with E-state index in [4.69, 9.17) is 140 Å². The number of hydrogen-bond donors (Lipinski definition) is 4. The van der Waals surface area contributed by atoms with Crippen molar-refractivity contribution in [2.24, 2.45) is 5.92 Å². The second-order valence-electron chi connectivity index (χ2n) is 32.6. The van der Waals surface area contributed by atoms with Crippen LogP contribution in [0.3, 0.4) is 0 Å². The largest absolute Gasteiger partial charge is 0.494 e. The van der Waals surface area contributed by atoms with Gasteiger partial charge in [0.25, 0.3) is 0 Å². The smallest absolute Gasteiger partial charge is 0.416 e. The number of nitrogens with one attached hydrogen (secondary N) is 4. The molecule has 4 unspecified atom stereocenters. The molecule has 0 aliphatic carbocycles. The number of nitrogens with zero attached hydrogens (tertiary/aromatic N) is 4. The fourth-order valence-corrected chi connectivity index (χ4v) is 18.5. The molecular weight excluding hydrogens is 1840 g/mol. The highest BCUT2D eigenvalue weighted by atomic mass is 35.5. The summed E-state index contributed by atoms with van der Waals surface area (Å²) >= 11 is 48.3. The van der Waals surface area contributed by atoms with E-state index in [-0.39, 0.29) is 48.4 Å². The topological polar surface area (TPSA) is 237 Å². The molecule has 8 heterocycles. The van der Waals surface area contributed by atoms with E-state index in [0.29, 0.717) is 141 Å². The summed E-state index contributed by atoms with van der Waals surface area (Å²) in [6.45, 7) is 12.8. The van der Waals surface area contributed by atoms with Crippen molar-refractivity contribution >= 4 is 161 Å². The van der Waals surface area contributed by atoms with Gasteiger partial charge in [-0.05, 0) is 267 Å². The van der Waals surface area contributed by atoms with Gasteiger partial charge in [0.05, 0.1) is 60.0 Å². The van der Waals surface area contributed by atoms with Crippen LogP contribution >= 0.6 is 92.8 Å². The first-order chi connectivity index (χ1) is 64.2. The summed E-state index contributed by atoms with van der Waals surface area (Å²) in [5.74, 6) is 5.77. The summed E-state index contributed by atoms with van der Waals surface area (Å²) in [4.78, 5) is 73.0. The van der Waals surface area contributed by atoms with Crippen LogP contribution in [0.5, 0.6) is 28.7 Å². The molecule has 4 amide bonds. The van der Waals surface area contributed by atoms with Crippen molar-refractivity contribution in [2.75, 3.05) is 118 Å². The minimum Gasteiger partial charge on any atom is -0.494 e. The number of aromatic nitrogens is 4. The van der Waals surface area contributed by atoms with E-state index in [0.717, 1.165) is 175 Å². The average molecular weight is 1950 g/mol. The zero-order chi connectivity index (χ0) is 92.7. The second kappa shape index (κ2) is 47.5. The molecule has 0 saturated heterocycles. The van der Waals surface area contributed by atoms with Crippen molar-refractivity contribution in [3.63, 3.8) is 0 Å². The summed E-state index contributed by atoms with van der Waals surface area (Å²) in [6, 6.07) is 60.5. The van der Waals surface area contributed by atoms with Gasteiger partial charge < -0.3 is 67.3 Å². The monoisotopic (exact) mass is 1950 g/mol. The lowest BCUT2D eigenvalue weighted by molar-refractivity contribution is 0.0544. The Hall–Kier alpha value is -10.3. The molecule has 0 radical (unpaired) electrons. The lowest BCUT2D eigenvalue weighted by Crippen LogP contribution is -2.42. The Kier molecular flexibility index (Phi) is 35.2. The number of carbonyl (C=O) groups excluding carboxylic acids is 4. The number of halogens is 8. The SMILES string of the molecule is CC(C)COC(=O)N1CCc2c([nH]c3ccc(Cl)cc23)C1c1ccc(OCCCCCl)cc1.CCOC(=O)N1CCc2c([nH]c3ccc(Cl)cc23)C1c1ccc(OCCCCCl)cc1.COCCOCCOc1ccc(C2c3[nH]c4ccc(Cl)cc4c3CCN2C(=O)OC)cc1.O=C(Oc1ccc(Cl)cc1)N1CCc2c([nH]c3ccc(Cl)cc23)C1c1ccc(OCCCCCl)cc1. The van der Waals surface area contributed by atoms with Crippen LogP contribution in [0.2, 0.25) is 25.1 Å². The molecule has 4 aromatic heterocycles. The number of rotatable bonds is 30. The molecule has 696 valence electrons. The summed E-state index contributed by atoms with van der Waals surface area (Å²) in [5.41, 5.74) is 16.7. The maximum Gasteiger partial charge on any atom is 0.416 e. The maximum atomic E-state index is 13.4. The highest BCUT2D eigenvalue weighted by Gasteiger charge is 2.41. The second-order valence-corrected chi connectivity index (χ2v) is 36.0. The number of carbonyl (C=O) groups is 4. The molecule has 0 spiro atoms. The molecule has 4 aliphatic heterocycles. The molecule has 13 aromatic rings. The normalized spacial score (nSPS) is 15.5. The number of amides is 4. The van der Waals surface area contributed by atoms with E-state index in [1.54, 1.807) is 46.1 Å². The van der Waals surface area contributed by atoms with Crippen LogP contribution in [0.15, 0.2) is 194 Å². The van der Waals surface area contributed by atoms with Gasteiger partial charge in [-0.3, -0.25) is 19.6 Å². The van der Waals surface area contributed by atoms with Crippen LogP contribution in [0.4, 0.5) is 19.2 Å². The number of H-pyrrole nitrogens is 4. The minimum absolute atomic E-state index is 0.265. The molecule has 0 bridgehead atoms. The molecule has 0 fully saturated rings. The van der Waals surface area contributed by atoms with E-state index in [1.807, 2.05) is 196 Å². The van der Waals surface area contributed by atoms with Crippen molar-refractivity contribution in [3.05, 3.63) is 287 Å². The number of benzene rings is 9. The van der Waals surface area contributed by atoms with Crippen molar-refractivity contribution in [3.8, 4) is 28.7 Å². The Labute approximate surface area is 808 Å². The Morgan fingerprint density at radius 2 is 0.644 bits per heavy atom. The zero-order valence-corrected chi connectivity index (χ0v) is 80.3. The highest BCUT2D eigenvalue weighted by Crippen LogP contribution is 2.46. The van der Waals surface area contributed by atoms with Crippen LogP contribution in [0.25, 0.3) is 43.6 Å². The van der Waals surface area contributed by atoms with Crippen LogP contribution in [-0.4, -0.2) is 181 Å². The number of alkyl halides is 3. The summed E-state index contributed by atoms with van der Waals surface area (Å²) < 4.78 is 55.4. The number of methoxy groups -OCH3 is 2. The molecule has 30 heteroatoms.